The number of anilines is 1. The Labute approximate surface area is 267 Å². The van der Waals surface area contributed by atoms with Gasteiger partial charge in [0.25, 0.3) is 0 Å². The molecule has 47 heavy (non-hydrogen) atoms. The molecule has 0 radical (unpaired) electrons. The summed E-state index contributed by atoms with van der Waals surface area (Å²) in [4.78, 5) is 63.4. The summed E-state index contributed by atoms with van der Waals surface area (Å²) in [5.74, 6) is -11.0. The first kappa shape index (κ1) is 36.2. The predicted octanol–water partition coefficient (Wildman–Crippen LogP) is 4.21. The predicted molar refractivity (Wildman–Crippen MR) is 161 cm³/mol. The maximum Gasteiger partial charge on any atom is 0.313 e. The molecule has 0 unspecified atom stereocenters. The van der Waals surface area contributed by atoms with E-state index in [9.17, 15) is 41.5 Å². The van der Waals surface area contributed by atoms with Gasteiger partial charge in [-0.2, -0.15) is 4.39 Å². The van der Waals surface area contributed by atoms with E-state index in [-0.39, 0.29) is 25.1 Å². The smallest absolute Gasteiger partial charge is 0.313 e. The average Bonchev–Trinajstić information content (AvgIpc) is 3.05. The maximum absolute atomic E-state index is 14.3. The van der Waals surface area contributed by atoms with Crippen molar-refractivity contribution < 1.29 is 51.0 Å². The molecule has 0 aliphatic carbocycles. The van der Waals surface area contributed by atoms with E-state index in [1.165, 1.54) is 13.0 Å². The lowest BCUT2D eigenvalue weighted by Crippen LogP contribution is -2.52. The zero-order valence-electron chi connectivity index (χ0n) is 25.8. The summed E-state index contributed by atoms with van der Waals surface area (Å²) in [7, 11) is 0. The number of amides is 3. The van der Waals surface area contributed by atoms with Gasteiger partial charge in [-0.25, -0.2) is 13.2 Å². The number of nitrogens with one attached hydrogen (secondary N) is 3. The number of Topliss-reactive ketones (excluding diaryl/α,β-unsaturated/α-hetero) is 1. The van der Waals surface area contributed by atoms with E-state index in [1.807, 2.05) is 0 Å². The normalized spacial score (nSPS) is 12.0. The molecule has 14 heteroatoms. The molecule has 0 aliphatic heterocycles. The SMILES string of the molecule is CCc1cccc(F)c1NC(=O)C(=O)N[C@@H](C)C(=O)N[C@@H](CCC(=O)OCc1ccccc1)C(=O)COc1c(C)c(F)cc(F)c1F. The van der Waals surface area contributed by atoms with Crippen LogP contribution in [-0.4, -0.2) is 48.2 Å². The van der Waals surface area contributed by atoms with Crippen molar-refractivity contribution in [2.24, 2.45) is 0 Å². The van der Waals surface area contributed by atoms with E-state index in [1.54, 1.807) is 43.3 Å². The number of halogens is 4. The molecule has 3 aromatic rings. The number of para-hydroxylation sites is 1. The third-order valence-corrected chi connectivity index (χ3v) is 6.97. The minimum atomic E-state index is -1.55. The van der Waals surface area contributed by atoms with Gasteiger partial charge in [0.15, 0.2) is 17.3 Å². The van der Waals surface area contributed by atoms with Crippen LogP contribution in [0.2, 0.25) is 0 Å². The van der Waals surface area contributed by atoms with Crippen molar-refractivity contribution in [1.29, 1.82) is 0 Å². The van der Waals surface area contributed by atoms with Crippen LogP contribution >= 0.6 is 0 Å². The summed E-state index contributed by atoms with van der Waals surface area (Å²) >= 11 is 0. The van der Waals surface area contributed by atoms with Crippen LogP contribution in [0.3, 0.4) is 0 Å². The van der Waals surface area contributed by atoms with Crippen LogP contribution in [0.15, 0.2) is 54.6 Å². The summed E-state index contributed by atoms with van der Waals surface area (Å²) in [6.07, 6.45) is -0.362. The minimum absolute atomic E-state index is 0.0603. The second kappa shape index (κ2) is 16.9. The molecule has 0 spiro atoms. The van der Waals surface area contributed by atoms with Gasteiger partial charge >= 0.3 is 17.8 Å². The number of hydrogen-bond acceptors (Lipinski definition) is 7. The fraction of sp³-hybridized carbons (Fsp3) is 0.303. The highest BCUT2D eigenvalue weighted by molar-refractivity contribution is 6.40. The number of esters is 1. The van der Waals surface area contributed by atoms with Crippen molar-refractivity contribution in [2.75, 3.05) is 11.9 Å². The van der Waals surface area contributed by atoms with Crippen molar-refractivity contribution in [3.05, 3.63) is 94.6 Å². The van der Waals surface area contributed by atoms with Crippen LogP contribution in [0.25, 0.3) is 0 Å². The van der Waals surface area contributed by atoms with E-state index >= 15 is 0 Å². The monoisotopic (exact) mass is 659 g/mol. The van der Waals surface area contributed by atoms with E-state index in [0.717, 1.165) is 13.0 Å². The van der Waals surface area contributed by atoms with Gasteiger partial charge in [0.05, 0.1) is 11.7 Å². The van der Waals surface area contributed by atoms with Gasteiger partial charge in [-0.15, -0.1) is 0 Å². The van der Waals surface area contributed by atoms with Crippen molar-refractivity contribution >= 4 is 35.2 Å². The largest absolute Gasteiger partial charge is 0.482 e. The van der Waals surface area contributed by atoms with E-state index in [0.29, 0.717) is 23.6 Å². The molecule has 3 N–H and O–H groups in total. The summed E-state index contributed by atoms with van der Waals surface area (Å²) < 4.78 is 66.5. The topological polar surface area (TPSA) is 140 Å². The molecule has 0 saturated heterocycles. The molecule has 0 bridgehead atoms. The number of ketones is 1. The Morgan fingerprint density at radius 1 is 0.851 bits per heavy atom. The molecule has 10 nitrogen and oxygen atoms in total. The quantitative estimate of drug-likeness (QED) is 0.102. The highest BCUT2D eigenvalue weighted by atomic mass is 19.2. The number of carbonyl (C=O) groups excluding carboxylic acids is 5. The van der Waals surface area contributed by atoms with Crippen molar-refractivity contribution in [2.45, 2.75) is 58.7 Å². The first-order chi connectivity index (χ1) is 22.3. The third-order valence-electron chi connectivity index (χ3n) is 6.97. The molecule has 250 valence electrons. The van der Waals surface area contributed by atoms with Gasteiger partial charge in [-0.3, -0.25) is 24.0 Å². The molecule has 0 aliphatic rings. The number of aryl methyl sites for hydroxylation is 1. The summed E-state index contributed by atoms with van der Waals surface area (Å²) in [5, 5.41) is 6.64. The lowest BCUT2D eigenvalue weighted by molar-refractivity contribution is -0.145. The highest BCUT2D eigenvalue weighted by Crippen LogP contribution is 2.27. The number of benzene rings is 3. The maximum atomic E-state index is 14.3. The molecule has 3 amide bonds. The lowest BCUT2D eigenvalue weighted by Gasteiger charge is -2.21. The van der Waals surface area contributed by atoms with Gasteiger partial charge in [-0.1, -0.05) is 49.4 Å². The molecule has 0 fully saturated rings. The van der Waals surface area contributed by atoms with Gasteiger partial charge in [0.1, 0.15) is 30.9 Å². The Bertz CT molecular complexity index is 1610. The fourth-order valence-electron chi connectivity index (χ4n) is 4.26. The highest BCUT2D eigenvalue weighted by Gasteiger charge is 2.28. The minimum Gasteiger partial charge on any atom is -0.482 e. The van der Waals surface area contributed by atoms with Crippen LogP contribution in [0.5, 0.6) is 5.75 Å². The van der Waals surface area contributed by atoms with E-state index in [2.05, 4.69) is 16.0 Å². The van der Waals surface area contributed by atoms with Crippen LogP contribution in [0, 0.1) is 30.2 Å². The number of rotatable bonds is 14. The van der Waals surface area contributed by atoms with Crippen LogP contribution in [0.4, 0.5) is 23.2 Å². The third kappa shape index (κ3) is 10.1. The molecule has 3 rings (SSSR count). The Balaban J connectivity index is 1.67. The molecule has 3 aromatic carbocycles. The molecular weight excluding hydrogens is 626 g/mol. The second-order valence-electron chi connectivity index (χ2n) is 10.4. The molecule has 0 heterocycles. The van der Waals surface area contributed by atoms with Crippen LogP contribution in [0.1, 0.15) is 43.4 Å². The van der Waals surface area contributed by atoms with E-state index < -0.39 is 82.7 Å². The first-order valence-corrected chi connectivity index (χ1v) is 14.5. The fourth-order valence-corrected chi connectivity index (χ4v) is 4.26. The second-order valence-corrected chi connectivity index (χ2v) is 10.4. The van der Waals surface area contributed by atoms with Crippen LogP contribution in [-0.2, 0) is 41.7 Å². The van der Waals surface area contributed by atoms with Crippen molar-refractivity contribution in [3.63, 3.8) is 0 Å². The van der Waals surface area contributed by atoms with Crippen molar-refractivity contribution in [1.82, 2.24) is 10.6 Å². The van der Waals surface area contributed by atoms with E-state index in [4.69, 9.17) is 9.47 Å². The zero-order valence-corrected chi connectivity index (χ0v) is 25.8. The summed E-state index contributed by atoms with van der Waals surface area (Å²) in [6, 6.07) is 10.2. The Kier molecular flexibility index (Phi) is 13.0. The standard InChI is InChI=1S/C33H33F4N3O7/c1-4-21-11-8-12-22(34)29(21)40-33(45)32(44)38-19(3)31(43)39-25(13-14-27(42)46-16-20-9-6-5-7-10-20)26(41)17-47-30-18(2)23(35)15-24(36)28(30)37/h5-12,15,19,25H,4,13-14,16-17H2,1-3H3,(H,38,44)(H,39,43)(H,40,45)/t19-,25-/m0/s1. The summed E-state index contributed by atoms with van der Waals surface area (Å²) in [5.41, 5.74) is 0.531. The van der Waals surface area contributed by atoms with Gasteiger partial charge in [0, 0.05) is 18.1 Å². The van der Waals surface area contributed by atoms with Gasteiger partial charge < -0.3 is 25.4 Å². The van der Waals surface area contributed by atoms with Crippen LogP contribution < -0.4 is 20.7 Å². The first-order valence-electron chi connectivity index (χ1n) is 14.5. The lowest BCUT2D eigenvalue weighted by atomic mass is 10.1. The summed E-state index contributed by atoms with van der Waals surface area (Å²) in [6.45, 7) is 3.00. The Hall–Kier alpha value is -5.27. The molecule has 0 saturated carbocycles. The van der Waals surface area contributed by atoms with Gasteiger partial charge in [0.2, 0.25) is 11.7 Å². The number of carbonyl (C=O) groups is 5. The van der Waals surface area contributed by atoms with Gasteiger partial charge in [-0.05, 0) is 43.9 Å². The number of ether oxygens (including phenoxy) is 2. The molecular formula is C33H33F4N3O7. The van der Waals surface area contributed by atoms with Crippen molar-refractivity contribution in [3.8, 4) is 5.75 Å². The molecule has 0 aromatic heterocycles. The Morgan fingerprint density at radius 2 is 1.55 bits per heavy atom. The number of hydrogen-bond donors (Lipinski definition) is 3. The average molecular weight is 660 g/mol. The molecule has 2 atom stereocenters. The zero-order chi connectivity index (χ0) is 34.7. The Morgan fingerprint density at radius 3 is 2.23 bits per heavy atom.